The van der Waals surface area contributed by atoms with Crippen LogP contribution in [-0.2, 0) is 21.5 Å². The summed E-state index contributed by atoms with van der Waals surface area (Å²) >= 11 is 0. The first kappa shape index (κ1) is 15.5. The van der Waals surface area contributed by atoms with Crippen LogP contribution in [0.2, 0.25) is 26.2 Å². The predicted octanol–water partition coefficient (Wildman–Crippen LogP) is 1.35. The quantitative estimate of drug-likeness (QED) is 0.653. The van der Waals surface area contributed by atoms with Gasteiger partial charge in [0.15, 0.2) is 8.32 Å². The van der Waals surface area contributed by atoms with E-state index < -0.39 is 26.6 Å². The van der Waals surface area contributed by atoms with Gasteiger partial charge in [0.05, 0.1) is 0 Å². The Bertz CT molecular complexity index is 172. The summed E-state index contributed by atoms with van der Waals surface area (Å²) in [5.74, 6) is 0. The van der Waals surface area contributed by atoms with Gasteiger partial charge in [-0.1, -0.05) is 0 Å². The van der Waals surface area contributed by atoms with Gasteiger partial charge in [0.2, 0.25) is 0 Å². The van der Waals surface area contributed by atoms with E-state index in [0.717, 1.165) is 0 Å². The second-order valence-electron chi connectivity index (χ2n) is 3.92. The fourth-order valence-corrected chi connectivity index (χ4v) is 7.90. The van der Waals surface area contributed by atoms with Crippen molar-refractivity contribution in [2.45, 2.75) is 26.2 Å². The lowest BCUT2D eigenvalue weighted by molar-refractivity contribution is 0.0449. The molecule has 0 atom stereocenters. The van der Waals surface area contributed by atoms with Crippen LogP contribution < -0.4 is 0 Å². The predicted molar refractivity (Wildman–Crippen MR) is 63.9 cm³/mol. The second-order valence-corrected chi connectivity index (χ2v) is 13.0. The van der Waals surface area contributed by atoms with Gasteiger partial charge in [0.1, 0.15) is 0 Å². The molecule has 0 rings (SSSR count). The number of rotatable bonds is 7. The molecule has 0 aromatic rings. The van der Waals surface area contributed by atoms with Gasteiger partial charge in [-0.3, -0.25) is 0 Å². The molecule has 1 radical (unpaired) electrons. The van der Waals surface area contributed by atoms with E-state index in [1.54, 1.807) is 0 Å². The lowest BCUT2D eigenvalue weighted by Crippen LogP contribution is -2.52. The zero-order chi connectivity index (χ0) is 12.1. The SMILES string of the molecule is CO[Si](OC)(OC)O[Si](C)O[Si](C)(C)C. The highest BCUT2D eigenvalue weighted by atomic mass is 28.5. The molecule has 8 heteroatoms. The summed E-state index contributed by atoms with van der Waals surface area (Å²) in [6.45, 7) is 8.25. The van der Waals surface area contributed by atoms with E-state index in [9.17, 15) is 0 Å². The van der Waals surface area contributed by atoms with Crippen molar-refractivity contribution in [2.75, 3.05) is 21.3 Å². The topological polar surface area (TPSA) is 46.2 Å². The molecule has 15 heavy (non-hydrogen) atoms. The average Bonchev–Trinajstić information content (AvgIpc) is 2.11. The monoisotopic (exact) mass is 269 g/mol. The minimum absolute atomic E-state index is 1.39. The Morgan fingerprint density at radius 3 is 1.47 bits per heavy atom. The summed E-state index contributed by atoms with van der Waals surface area (Å²) in [7, 11) is -1.36. The van der Waals surface area contributed by atoms with Crippen molar-refractivity contribution < 1.29 is 21.5 Å². The van der Waals surface area contributed by atoms with Crippen molar-refractivity contribution in [1.29, 1.82) is 0 Å². The molecular formula is C7H21O5Si3. The molecule has 0 unspecified atom stereocenters. The summed E-state index contributed by atoms with van der Waals surface area (Å²) in [6.07, 6.45) is 0. The normalized spacial score (nSPS) is 13.6. The Morgan fingerprint density at radius 2 is 1.20 bits per heavy atom. The highest BCUT2D eigenvalue weighted by Crippen LogP contribution is 2.13. The standard InChI is InChI=1S/C7H21O5Si3/c1-8-15(9-2,10-3)12-13(4)11-14(5,6)7/h1-7H3. The van der Waals surface area contributed by atoms with Crippen LogP contribution >= 0.6 is 0 Å². The van der Waals surface area contributed by atoms with Crippen LogP contribution in [0, 0.1) is 0 Å². The highest BCUT2D eigenvalue weighted by molar-refractivity contribution is 6.77. The minimum atomic E-state index is -2.94. The molecule has 0 N–H and O–H groups in total. The Kier molecular flexibility index (Phi) is 6.44. The summed E-state index contributed by atoms with van der Waals surface area (Å²) < 4.78 is 26.9. The van der Waals surface area contributed by atoms with Gasteiger partial charge in [-0.25, -0.2) is 0 Å². The number of hydrogen-bond acceptors (Lipinski definition) is 5. The highest BCUT2D eigenvalue weighted by Gasteiger charge is 2.45. The zero-order valence-corrected chi connectivity index (χ0v) is 13.5. The third-order valence-electron chi connectivity index (χ3n) is 1.47. The van der Waals surface area contributed by atoms with Crippen LogP contribution in [0.1, 0.15) is 0 Å². The lowest BCUT2D eigenvalue weighted by Gasteiger charge is -2.28. The minimum Gasteiger partial charge on any atom is -0.436 e. The first-order valence-electron chi connectivity index (χ1n) is 4.65. The van der Waals surface area contributed by atoms with Crippen molar-refractivity contribution in [3.8, 4) is 0 Å². The van der Waals surface area contributed by atoms with Crippen LogP contribution in [0.4, 0.5) is 0 Å². The van der Waals surface area contributed by atoms with E-state index in [4.69, 9.17) is 21.5 Å². The molecule has 0 amide bonds. The van der Waals surface area contributed by atoms with E-state index in [1.165, 1.54) is 21.3 Å². The molecule has 0 bridgehead atoms. The molecule has 0 saturated carbocycles. The Hall–Kier alpha value is 0.451. The van der Waals surface area contributed by atoms with E-state index in [1.807, 2.05) is 6.55 Å². The summed E-state index contributed by atoms with van der Waals surface area (Å²) in [5, 5.41) is 0. The van der Waals surface area contributed by atoms with Crippen LogP contribution in [-0.4, -0.2) is 48.0 Å². The molecule has 0 heterocycles. The first-order valence-corrected chi connectivity index (χ1v) is 11.5. The van der Waals surface area contributed by atoms with Crippen molar-refractivity contribution in [2.24, 2.45) is 0 Å². The van der Waals surface area contributed by atoms with Crippen LogP contribution in [0.25, 0.3) is 0 Å². The maximum atomic E-state index is 5.81. The van der Waals surface area contributed by atoms with Crippen molar-refractivity contribution in [1.82, 2.24) is 0 Å². The first-order chi connectivity index (χ1) is 6.78. The molecule has 0 aliphatic rings. The van der Waals surface area contributed by atoms with Gasteiger partial charge in [0.25, 0.3) is 0 Å². The summed E-state index contributed by atoms with van der Waals surface area (Å²) in [5.41, 5.74) is 0. The molecule has 0 saturated heterocycles. The maximum Gasteiger partial charge on any atom is 0.669 e. The zero-order valence-electron chi connectivity index (χ0n) is 10.5. The van der Waals surface area contributed by atoms with Crippen molar-refractivity contribution >= 4 is 26.6 Å². The van der Waals surface area contributed by atoms with Crippen molar-refractivity contribution in [3.05, 3.63) is 0 Å². The van der Waals surface area contributed by atoms with Gasteiger partial charge in [-0.15, -0.1) is 0 Å². The van der Waals surface area contributed by atoms with Crippen LogP contribution in [0.3, 0.4) is 0 Å². The molecule has 5 nitrogen and oxygen atoms in total. The molecule has 0 aliphatic carbocycles. The third kappa shape index (κ3) is 5.92. The van der Waals surface area contributed by atoms with Crippen molar-refractivity contribution in [3.63, 3.8) is 0 Å². The number of hydrogen-bond donors (Lipinski definition) is 0. The summed E-state index contributed by atoms with van der Waals surface area (Å²) in [6, 6.07) is 0. The van der Waals surface area contributed by atoms with Gasteiger partial charge >= 0.3 is 18.3 Å². The Balaban J connectivity index is 4.29. The fourth-order valence-electron chi connectivity index (χ4n) is 1.00. The van der Waals surface area contributed by atoms with Gasteiger partial charge in [-0.2, -0.15) is 0 Å². The fraction of sp³-hybridized carbons (Fsp3) is 1.00. The largest absolute Gasteiger partial charge is 0.669 e. The van der Waals surface area contributed by atoms with Crippen LogP contribution in [0.15, 0.2) is 0 Å². The van der Waals surface area contributed by atoms with E-state index in [0.29, 0.717) is 0 Å². The molecule has 0 aromatic carbocycles. The third-order valence-corrected chi connectivity index (χ3v) is 8.72. The van der Waals surface area contributed by atoms with Crippen LogP contribution in [0.5, 0.6) is 0 Å². The Labute approximate surface area is 96.1 Å². The summed E-state index contributed by atoms with van der Waals surface area (Å²) in [4.78, 5) is 0. The van der Waals surface area contributed by atoms with E-state index in [2.05, 4.69) is 19.6 Å². The van der Waals surface area contributed by atoms with E-state index >= 15 is 0 Å². The Morgan fingerprint density at radius 1 is 0.800 bits per heavy atom. The van der Waals surface area contributed by atoms with Gasteiger partial charge in [-0.05, 0) is 26.2 Å². The molecule has 91 valence electrons. The second kappa shape index (κ2) is 6.25. The van der Waals surface area contributed by atoms with Gasteiger partial charge in [0, 0.05) is 21.3 Å². The van der Waals surface area contributed by atoms with E-state index in [-0.39, 0.29) is 0 Å². The molecule has 0 aliphatic heterocycles. The molecular weight excluding hydrogens is 248 g/mol. The lowest BCUT2D eigenvalue weighted by atomic mass is 11.8. The maximum absolute atomic E-state index is 5.81. The molecule has 0 aromatic heterocycles. The molecule has 0 fully saturated rings. The molecule has 0 spiro atoms. The van der Waals surface area contributed by atoms with Gasteiger partial charge < -0.3 is 21.5 Å². The average molecular weight is 269 g/mol. The smallest absolute Gasteiger partial charge is 0.436 e.